The van der Waals surface area contributed by atoms with Gasteiger partial charge in [-0.25, -0.2) is 16.8 Å². The van der Waals surface area contributed by atoms with Crippen molar-refractivity contribution in [1.82, 2.24) is 4.31 Å². The molecule has 1 aliphatic heterocycles. The lowest BCUT2D eigenvalue weighted by Gasteiger charge is -2.32. The van der Waals surface area contributed by atoms with Crippen LogP contribution in [0.15, 0.2) is 29.2 Å². The number of benzene rings is 1. The number of hydrogen-bond donors (Lipinski definition) is 0. The van der Waals surface area contributed by atoms with E-state index >= 15 is 0 Å². The van der Waals surface area contributed by atoms with Gasteiger partial charge in [0, 0.05) is 17.1 Å². The lowest BCUT2D eigenvalue weighted by Crippen LogP contribution is -2.46. The number of sulfone groups is 1. The van der Waals surface area contributed by atoms with Gasteiger partial charge >= 0.3 is 0 Å². The zero-order chi connectivity index (χ0) is 16.5. The van der Waals surface area contributed by atoms with Gasteiger partial charge in [0.05, 0.1) is 16.4 Å². The van der Waals surface area contributed by atoms with Gasteiger partial charge in [-0.15, -0.1) is 0 Å². The maximum Gasteiger partial charge on any atom is 0.243 e. The van der Waals surface area contributed by atoms with E-state index in [-0.39, 0.29) is 22.4 Å². The van der Waals surface area contributed by atoms with Crippen LogP contribution in [0.2, 0.25) is 5.02 Å². The van der Waals surface area contributed by atoms with E-state index in [0.717, 1.165) is 0 Å². The van der Waals surface area contributed by atoms with Gasteiger partial charge < -0.3 is 0 Å². The van der Waals surface area contributed by atoms with E-state index < -0.39 is 25.9 Å². The molecule has 0 unspecified atom stereocenters. The van der Waals surface area contributed by atoms with E-state index in [1.807, 2.05) is 6.92 Å². The minimum atomic E-state index is -3.75. The molecule has 0 aliphatic carbocycles. The highest BCUT2D eigenvalue weighted by molar-refractivity contribution is 7.92. The zero-order valence-corrected chi connectivity index (χ0v) is 15.0. The summed E-state index contributed by atoms with van der Waals surface area (Å²) in [4.78, 5) is 0.140. The van der Waals surface area contributed by atoms with Crippen molar-refractivity contribution in [1.29, 1.82) is 0 Å². The summed E-state index contributed by atoms with van der Waals surface area (Å²) in [5.74, 6) is -0.0646. The highest BCUT2D eigenvalue weighted by Gasteiger charge is 2.40. The third-order valence-corrected chi connectivity index (χ3v) is 8.07. The molecule has 1 heterocycles. The number of nitrogens with zero attached hydrogens (tertiary/aromatic N) is 1. The molecule has 2 atom stereocenters. The van der Waals surface area contributed by atoms with E-state index in [0.29, 0.717) is 17.9 Å². The number of sulfonamides is 1. The van der Waals surface area contributed by atoms with Gasteiger partial charge in [0.2, 0.25) is 10.0 Å². The average Bonchev–Trinajstić information content (AvgIpc) is 2.78. The summed E-state index contributed by atoms with van der Waals surface area (Å²) in [5, 5.41) is 0.456. The summed E-state index contributed by atoms with van der Waals surface area (Å²) in [5.41, 5.74) is 0. The van der Waals surface area contributed by atoms with Crippen molar-refractivity contribution in [3.63, 3.8) is 0 Å². The minimum Gasteiger partial charge on any atom is -0.229 e. The summed E-state index contributed by atoms with van der Waals surface area (Å²) in [6.07, 6.45) is 0.961. The van der Waals surface area contributed by atoms with Gasteiger partial charge in [0.15, 0.2) is 9.84 Å². The van der Waals surface area contributed by atoms with Gasteiger partial charge in [-0.3, -0.25) is 0 Å². The lowest BCUT2D eigenvalue weighted by molar-refractivity contribution is 0.271. The predicted octanol–water partition coefficient (Wildman–Crippen LogP) is 2.32. The van der Waals surface area contributed by atoms with E-state index in [2.05, 4.69) is 0 Å². The van der Waals surface area contributed by atoms with Crippen LogP contribution in [0.25, 0.3) is 0 Å². The highest BCUT2D eigenvalue weighted by atomic mass is 35.5. The van der Waals surface area contributed by atoms with Crippen molar-refractivity contribution < 1.29 is 16.8 Å². The van der Waals surface area contributed by atoms with Crippen molar-refractivity contribution in [2.24, 2.45) is 0 Å². The first kappa shape index (κ1) is 17.7. The molecule has 8 heteroatoms. The van der Waals surface area contributed by atoms with Gasteiger partial charge in [0.25, 0.3) is 0 Å². The summed E-state index contributed by atoms with van der Waals surface area (Å²) >= 11 is 5.81. The van der Waals surface area contributed by atoms with Crippen LogP contribution in [0.5, 0.6) is 0 Å². The van der Waals surface area contributed by atoms with Crippen LogP contribution >= 0.6 is 11.6 Å². The third-order valence-electron chi connectivity index (χ3n) is 3.98. The molecule has 0 saturated carbocycles. The molecule has 2 rings (SSSR count). The quantitative estimate of drug-likeness (QED) is 0.802. The molecule has 124 valence electrons. The monoisotopic (exact) mass is 365 g/mol. The van der Waals surface area contributed by atoms with Crippen molar-refractivity contribution in [2.75, 3.05) is 11.5 Å². The Hall–Kier alpha value is -0.630. The second kappa shape index (κ2) is 6.47. The van der Waals surface area contributed by atoms with E-state index in [9.17, 15) is 16.8 Å². The largest absolute Gasteiger partial charge is 0.243 e. The normalized spacial score (nSPS) is 22.8. The lowest BCUT2D eigenvalue weighted by atomic mass is 10.2. The molecule has 0 bridgehead atoms. The molecular weight excluding hydrogens is 346 g/mol. The van der Waals surface area contributed by atoms with Crippen LogP contribution in [0.3, 0.4) is 0 Å². The Kier molecular flexibility index (Phi) is 5.21. The van der Waals surface area contributed by atoms with E-state index in [1.165, 1.54) is 28.6 Å². The van der Waals surface area contributed by atoms with E-state index in [1.54, 1.807) is 6.92 Å². The molecule has 1 fully saturated rings. The van der Waals surface area contributed by atoms with Crippen LogP contribution in [0.4, 0.5) is 0 Å². The fourth-order valence-corrected chi connectivity index (χ4v) is 6.53. The Morgan fingerprint density at radius 3 is 2.36 bits per heavy atom. The molecule has 1 aromatic rings. The first-order valence-corrected chi connectivity index (χ1v) is 10.8. The Morgan fingerprint density at radius 1 is 1.32 bits per heavy atom. The maximum atomic E-state index is 12.9. The van der Waals surface area contributed by atoms with Crippen LogP contribution < -0.4 is 0 Å². The first-order chi connectivity index (χ1) is 10.2. The van der Waals surface area contributed by atoms with Gasteiger partial charge in [-0.1, -0.05) is 18.5 Å². The second-order valence-corrected chi connectivity index (χ2v) is 10.1. The molecule has 0 radical (unpaired) electrons. The predicted molar refractivity (Wildman–Crippen MR) is 87.3 cm³/mol. The topological polar surface area (TPSA) is 71.5 Å². The van der Waals surface area contributed by atoms with Crippen LogP contribution in [-0.4, -0.2) is 44.7 Å². The standard InChI is InChI=1S/C14H20ClNO4S2/c1-3-11(2)16(13-8-9-21(17,18)10-13)22(19,20)14-6-4-12(15)5-7-14/h4-7,11,13H,3,8-10H2,1-2H3/t11-,13+/m1/s1. The van der Waals surface area contributed by atoms with E-state index in [4.69, 9.17) is 11.6 Å². The molecule has 0 amide bonds. The molecule has 22 heavy (non-hydrogen) atoms. The number of hydrogen-bond acceptors (Lipinski definition) is 4. The molecule has 5 nitrogen and oxygen atoms in total. The first-order valence-electron chi connectivity index (χ1n) is 7.17. The molecule has 0 spiro atoms. The maximum absolute atomic E-state index is 12.9. The minimum absolute atomic E-state index is 0.0424. The number of halogens is 1. The zero-order valence-electron chi connectivity index (χ0n) is 12.6. The van der Waals surface area contributed by atoms with Crippen LogP contribution in [0, 0.1) is 0 Å². The van der Waals surface area contributed by atoms with Crippen LogP contribution in [0.1, 0.15) is 26.7 Å². The Bertz CT molecular complexity index is 729. The van der Waals surface area contributed by atoms with Crippen molar-refractivity contribution in [3.05, 3.63) is 29.3 Å². The Morgan fingerprint density at radius 2 is 1.91 bits per heavy atom. The molecule has 1 saturated heterocycles. The van der Waals surface area contributed by atoms with Crippen LogP contribution in [-0.2, 0) is 19.9 Å². The fourth-order valence-electron chi connectivity index (χ4n) is 2.68. The van der Waals surface area contributed by atoms with Gasteiger partial charge in [0.1, 0.15) is 0 Å². The molecule has 1 aliphatic rings. The third kappa shape index (κ3) is 3.64. The summed E-state index contributed by atoms with van der Waals surface area (Å²) in [6, 6.07) is 5.19. The SMILES string of the molecule is CC[C@@H](C)N([C@H]1CCS(=O)(=O)C1)S(=O)(=O)c1ccc(Cl)cc1. The molecule has 1 aromatic carbocycles. The molecular formula is C14H20ClNO4S2. The van der Waals surface area contributed by atoms with Crippen molar-refractivity contribution in [3.8, 4) is 0 Å². The smallest absolute Gasteiger partial charge is 0.229 e. The van der Waals surface area contributed by atoms with Crippen molar-refractivity contribution in [2.45, 2.75) is 43.7 Å². The summed E-state index contributed by atoms with van der Waals surface area (Å²) in [6.45, 7) is 3.69. The van der Waals surface area contributed by atoms with Gasteiger partial charge in [-0.05, 0) is 44.0 Å². The average molecular weight is 366 g/mol. The Labute approximate surface area is 137 Å². The number of rotatable bonds is 5. The molecule has 0 N–H and O–H groups in total. The highest BCUT2D eigenvalue weighted by Crippen LogP contribution is 2.28. The summed E-state index contributed by atoms with van der Waals surface area (Å²) < 4.78 is 50.7. The fraction of sp³-hybridized carbons (Fsp3) is 0.571. The van der Waals surface area contributed by atoms with Crippen molar-refractivity contribution >= 4 is 31.5 Å². The Balaban J connectivity index is 2.43. The second-order valence-electron chi connectivity index (χ2n) is 5.60. The molecule has 0 aromatic heterocycles. The van der Waals surface area contributed by atoms with Gasteiger partial charge in [-0.2, -0.15) is 4.31 Å². The summed E-state index contributed by atoms with van der Waals surface area (Å²) in [7, 11) is -6.91.